The summed E-state index contributed by atoms with van der Waals surface area (Å²) >= 11 is 3.12. The van der Waals surface area contributed by atoms with Crippen molar-refractivity contribution in [3.63, 3.8) is 0 Å². The molecule has 0 saturated carbocycles. The molecule has 0 fully saturated rings. The van der Waals surface area contributed by atoms with E-state index in [0.29, 0.717) is 17.7 Å². The van der Waals surface area contributed by atoms with Crippen molar-refractivity contribution in [2.75, 3.05) is 0 Å². The third-order valence-corrected chi connectivity index (χ3v) is 3.45. The average molecular weight is 319 g/mol. The van der Waals surface area contributed by atoms with E-state index in [1.165, 1.54) is 24.3 Å². The zero-order valence-electron chi connectivity index (χ0n) is 8.93. The summed E-state index contributed by atoms with van der Waals surface area (Å²) in [5.74, 6) is -3.40. The number of alkyl halides is 1. The van der Waals surface area contributed by atoms with Gasteiger partial charge >= 0.3 is 0 Å². The maximum atomic E-state index is 13.5. The van der Waals surface area contributed by atoms with Crippen LogP contribution in [0.5, 0.6) is 0 Å². The van der Waals surface area contributed by atoms with Gasteiger partial charge in [0.2, 0.25) is 0 Å². The van der Waals surface area contributed by atoms with E-state index in [-0.39, 0.29) is 5.56 Å². The molecule has 0 aliphatic heterocycles. The van der Waals surface area contributed by atoms with Gasteiger partial charge in [0.15, 0.2) is 0 Å². The Kier molecular flexibility index (Phi) is 3.71. The summed E-state index contributed by atoms with van der Waals surface area (Å²) in [7, 11) is 0. The Morgan fingerprint density at radius 1 is 0.778 bits per heavy atom. The first kappa shape index (κ1) is 13.1. The Morgan fingerprint density at radius 3 is 1.78 bits per heavy atom. The highest BCUT2D eigenvalue weighted by atomic mass is 79.9. The van der Waals surface area contributed by atoms with Gasteiger partial charge in [0.05, 0.1) is 4.83 Å². The van der Waals surface area contributed by atoms with E-state index in [4.69, 9.17) is 0 Å². The lowest BCUT2D eigenvalue weighted by molar-refractivity contribution is 0.527. The summed E-state index contributed by atoms with van der Waals surface area (Å²) in [5, 5.41) is 0. The molecule has 0 N–H and O–H groups in total. The second kappa shape index (κ2) is 5.10. The van der Waals surface area contributed by atoms with Crippen molar-refractivity contribution < 1.29 is 17.6 Å². The van der Waals surface area contributed by atoms with Crippen molar-refractivity contribution in [1.82, 2.24) is 0 Å². The molecule has 1 unspecified atom stereocenters. The Hall–Kier alpha value is -1.36. The lowest BCUT2D eigenvalue weighted by atomic mass is 10.0. The monoisotopic (exact) mass is 318 g/mol. The standard InChI is InChI=1S/C13H7BrF4/c14-13(7-1-3-8(15)4-2-7)12-10(17)5-9(16)6-11(12)18/h1-6,13H. The molecule has 2 aromatic rings. The van der Waals surface area contributed by atoms with Crippen LogP contribution in [-0.4, -0.2) is 0 Å². The van der Waals surface area contributed by atoms with Crippen LogP contribution in [0.15, 0.2) is 36.4 Å². The van der Waals surface area contributed by atoms with Gasteiger partial charge in [-0.1, -0.05) is 28.1 Å². The Bertz CT molecular complexity index is 543. The summed E-state index contributed by atoms with van der Waals surface area (Å²) in [4.78, 5) is -0.807. The highest BCUT2D eigenvalue weighted by Gasteiger charge is 2.20. The van der Waals surface area contributed by atoms with Gasteiger partial charge in [0.25, 0.3) is 0 Å². The molecular formula is C13H7BrF4. The number of benzene rings is 2. The van der Waals surface area contributed by atoms with Gasteiger partial charge in [0.1, 0.15) is 23.3 Å². The molecule has 0 saturated heterocycles. The van der Waals surface area contributed by atoms with E-state index in [1.54, 1.807) is 0 Å². The fourth-order valence-electron chi connectivity index (χ4n) is 1.59. The van der Waals surface area contributed by atoms with Crippen LogP contribution in [0.4, 0.5) is 17.6 Å². The first-order chi connectivity index (χ1) is 8.49. The molecule has 5 heteroatoms. The van der Waals surface area contributed by atoms with E-state index in [2.05, 4.69) is 15.9 Å². The molecule has 2 aromatic carbocycles. The Labute approximate surface area is 109 Å². The molecule has 18 heavy (non-hydrogen) atoms. The summed E-state index contributed by atoms with van der Waals surface area (Å²) in [6, 6.07) is 6.38. The molecule has 0 aliphatic carbocycles. The third kappa shape index (κ3) is 2.56. The molecule has 0 spiro atoms. The summed E-state index contributed by atoms with van der Waals surface area (Å²) in [6.07, 6.45) is 0. The second-order valence-corrected chi connectivity index (χ2v) is 4.61. The largest absolute Gasteiger partial charge is 0.207 e. The fourth-order valence-corrected chi connectivity index (χ4v) is 2.34. The lowest BCUT2D eigenvalue weighted by Gasteiger charge is -2.12. The zero-order chi connectivity index (χ0) is 13.3. The van der Waals surface area contributed by atoms with Crippen LogP contribution < -0.4 is 0 Å². The van der Waals surface area contributed by atoms with Gasteiger partial charge in [-0.3, -0.25) is 0 Å². The van der Waals surface area contributed by atoms with E-state index >= 15 is 0 Å². The molecule has 0 aliphatic rings. The SMILES string of the molecule is Fc1ccc(C(Br)c2c(F)cc(F)cc2F)cc1. The molecule has 1 atom stereocenters. The summed E-state index contributed by atoms with van der Waals surface area (Å²) in [6.45, 7) is 0. The zero-order valence-corrected chi connectivity index (χ0v) is 10.5. The van der Waals surface area contributed by atoms with Gasteiger partial charge in [0, 0.05) is 17.7 Å². The van der Waals surface area contributed by atoms with Crippen molar-refractivity contribution in [3.05, 3.63) is 70.8 Å². The van der Waals surface area contributed by atoms with Crippen molar-refractivity contribution >= 4 is 15.9 Å². The molecule has 0 aromatic heterocycles. The molecule has 0 nitrogen and oxygen atoms in total. The van der Waals surface area contributed by atoms with Gasteiger partial charge in [-0.2, -0.15) is 0 Å². The van der Waals surface area contributed by atoms with E-state index < -0.39 is 28.1 Å². The number of hydrogen-bond donors (Lipinski definition) is 0. The quantitative estimate of drug-likeness (QED) is 0.555. The highest BCUT2D eigenvalue weighted by Crippen LogP contribution is 2.34. The molecule has 2 rings (SSSR count). The van der Waals surface area contributed by atoms with Gasteiger partial charge in [-0.15, -0.1) is 0 Å². The minimum Gasteiger partial charge on any atom is -0.207 e. The molecule has 0 amide bonds. The Balaban J connectivity index is 2.46. The molecular weight excluding hydrogens is 312 g/mol. The minimum absolute atomic E-state index is 0.303. The van der Waals surface area contributed by atoms with Gasteiger partial charge in [-0.25, -0.2) is 17.6 Å². The van der Waals surface area contributed by atoms with Gasteiger partial charge < -0.3 is 0 Å². The fraction of sp³-hybridized carbons (Fsp3) is 0.0769. The van der Waals surface area contributed by atoms with Crippen molar-refractivity contribution in [1.29, 1.82) is 0 Å². The van der Waals surface area contributed by atoms with Crippen molar-refractivity contribution in [2.45, 2.75) is 4.83 Å². The molecule has 0 heterocycles. The lowest BCUT2D eigenvalue weighted by Crippen LogP contribution is -2.02. The molecule has 94 valence electrons. The van der Waals surface area contributed by atoms with Crippen LogP contribution in [-0.2, 0) is 0 Å². The number of hydrogen-bond acceptors (Lipinski definition) is 0. The maximum Gasteiger partial charge on any atom is 0.133 e. The predicted molar refractivity (Wildman–Crippen MR) is 63.5 cm³/mol. The normalized spacial score (nSPS) is 12.5. The Morgan fingerprint density at radius 2 is 1.28 bits per heavy atom. The van der Waals surface area contributed by atoms with Crippen LogP contribution in [0, 0.1) is 23.3 Å². The average Bonchev–Trinajstić information content (AvgIpc) is 2.28. The van der Waals surface area contributed by atoms with Crippen LogP contribution in [0.25, 0.3) is 0 Å². The van der Waals surface area contributed by atoms with E-state index in [1.807, 2.05) is 0 Å². The van der Waals surface area contributed by atoms with Crippen LogP contribution in [0.3, 0.4) is 0 Å². The summed E-state index contributed by atoms with van der Waals surface area (Å²) < 4.78 is 52.6. The number of halogens is 5. The second-order valence-electron chi connectivity index (χ2n) is 3.70. The first-order valence-corrected chi connectivity index (χ1v) is 5.94. The highest BCUT2D eigenvalue weighted by molar-refractivity contribution is 9.09. The number of rotatable bonds is 2. The van der Waals surface area contributed by atoms with E-state index in [9.17, 15) is 17.6 Å². The van der Waals surface area contributed by atoms with Crippen LogP contribution >= 0.6 is 15.9 Å². The first-order valence-electron chi connectivity index (χ1n) is 5.03. The topological polar surface area (TPSA) is 0 Å². The van der Waals surface area contributed by atoms with E-state index in [0.717, 1.165) is 0 Å². The van der Waals surface area contributed by atoms with Crippen molar-refractivity contribution in [2.24, 2.45) is 0 Å². The third-order valence-electron chi connectivity index (χ3n) is 2.46. The predicted octanol–water partition coefficient (Wildman–Crippen LogP) is 4.73. The van der Waals surface area contributed by atoms with Crippen LogP contribution in [0.2, 0.25) is 0 Å². The summed E-state index contributed by atoms with van der Waals surface area (Å²) in [5.41, 5.74) is 0.170. The minimum atomic E-state index is -0.987. The molecule has 0 bridgehead atoms. The van der Waals surface area contributed by atoms with Crippen molar-refractivity contribution in [3.8, 4) is 0 Å². The van der Waals surface area contributed by atoms with Crippen LogP contribution in [0.1, 0.15) is 16.0 Å². The van der Waals surface area contributed by atoms with Gasteiger partial charge in [-0.05, 0) is 17.7 Å². The smallest absolute Gasteiger partial charge is 0.133 e. The maximum absolute atomic E-state index is 13.5. The molecule has 0 radical (unpaired) electrons.